The summed E-state index contributed by atoms with van der Waals surface area (Å²) < 4.78 is 5.02. The molecule has 0 saturated carbocycles. The van der Waals surface area contributed by atoms with Crippen LogP contribution < -0.4 is 5.32 Å². The van der Waals surface area contributed by atoms with E-state index in [9.17, 15) is 0 Å². The normalized spacial score (nSPS) is 13.5. The molecule has 0 aromatic heterocycles. The summed E-state index contributed by atoms with van der Waals surface area (Å²) in [7, 11) is 1.76. The van der Waals surface area contributed by atoms with Crippen LogP contribution in [0, 0.1) is 5.92 Å². The fraction of sp³-hybridized carbons (Fsp3) is 1.00. The highest BCUT2D eigenvalue weighted by Gasteiger charge is 2.11. The van der Waals surface area contributed by atoms with E-state index in [2.05, 4.69) is 26.1 Å². The highest BCUT2D eigenvalue weighted by atomic mass is 32.2. The van der Waals surface area contributed by atoms with Crippen LogP contribution in [-0.2, 0) is 4.74 Å². The summed E-state index contributed by atoms with van der Waals surface area (Å²) in [5.41, 5.74) is 0. The molecule has 1 atom stereocenters. The predicted molar refractivity (Wildman–Crippen MR) is 66.1 cm³/mol. The molecule has 0 saturated heterocycles. The minimum atomic E-state index is 0.650. The molecule has 1 unspecified atom stereocenters. The van der Waals surface area contributed by atoms with Crippen molar-refractivity contribution in [1.29, 1.82) is 0 Å². The van der Waals surface area contributed by atoms with Crippen molar-refractivity contribution in [3.8, 4) is 0 Å². The smallest absolute Gasteiger partial charge is 0.0552 e. The van der Waals surface area contributed by atoms with Crippen LogP contribution in [0.15, 0.2) is 0 Å². The van der Waals surface area contributed by atoms with Crippen molar-refractivity contribution in [3.63, 3.8) is 0 Å². The van der Waals surface area contributed by atoms with Crippen LogP contribution >= 0.6 is 11.8 Å². The molecule has 0 rings (SSSR count). The molecule has 0 heterocycles. The molecular formula is C11H25NOS. The number of hydrogen-bond donors (Lipinski definition) is 1. The van der Waals surface area contributed by atoms with E-state index in [1.54, 1.807) is 7.11 Å². The van der Waals surface area contributed by atoms with E-state index < -0.39 is 0 Å². The Morgan fingerprint density at radius 1 is 1.36 bits per heavy atom. The van der Waals surface area contributed by atoms with Crippen LogP contribution in [0.4, 0.5) is 0 Å². The summed E-state index contributed by atoms with van der Waals surface area (Å²) in [6.45, 7) is 8.77. The molecule has 3 heteroatoms. The summed E-state index contributed by atoms with van der Waals surface area (Å²) >= 11 is 1.98. The maximum Gasteiger partial charge on any atom is 0.0552 e. The lowest BCUT2D eigenvalue weighted by atomic mass is 10.1. The molecule has 86 valence electrons. The van der Waals surface area contributed by atoms with E-state index in [-0.39, 0.29) is 0 Å². The van der Waals surface area contributed by atoms with Gasteiger partial charge in [0.1, 0.15) is 0 Å². The van der Waals surface area contributed by atoms with Crippen molar-refractivity contribution in [3.05, 3.63) is 0 Å². The van der Waals surface area contributed by atoms with E-state index in [1.165, 1.54) is 12.2 Å². The second-order valence-corrected chi connectivity index (χ2v) is 5.02. The summed E-state index contributed by atoms with van der Waals surface area (Å²) in [5, 5.41) is 3.58. The van der Waals surface area contributed by atoms with Crippen molar-refractivity contribution in [2.75, 3.05) is 31.8 Å². The molecule has 0 spiro atoms. The van der Waals surface area contributed by atoms with Crippen LogP contribution in [0.25, 0.3) is 0 Å². The molecule has 0 aliphatic heterocycles. The number of thioether (sulfide) groups is 1. The maximum atomic E-state index is 5.02. The monoisotopic (exact) mass is 219 g/mol. The van der Waals surface area contributed by atoms with Crippen molar-refractivity contribution in [2.24, 2.45) is 5.92 Å². The molecule has 2 nitrogen and oxygen atoms in total. The molecule has 0 radical (unpaired) electrons. The van der Waals surface area contributed by atoms with Gasteiger partial charge in [0.15, 0.2) is 0 Å². The molecule has 0 aliphatic rings. The number of methoxy groups -OCH3 is 1. The van der Waals surface area contributed by atoms with Gasteiger partial charge in [-0.05, 0) is 18.9 Å². The van der Waals surface area contributed by atoms with Crippen molar-refractivity contribution in [2.45, 2.75) is 33.2 Å². The van der Waals surface area contributed by atoms with Gasteiger partial charge in [0.2, 0.25) is 0 Å². The first kappa shape index (κ1) is 14.3. The largest absolute Gasteiger partial charge is 0.384 e. The average Bonchev–Trinajstić information content (AvgIpc) is 2.16. The molecule has 0 fully saturated rings. The van der Waals surface area contributed by atoms with E-state index in [0.29, 0.717) is 6.04 Å². The molecular weight excluding hydrogens is 194 g/mol. The Kier molecular flexibility index (Phi) is 10.0. The van der Waals surface area contributed by atoms with Crippen LogP contribution in [0.3, 0.4) is 0 Å². The van der Waals surface area contributed by atoms with Gasteiger partial charge >= 0.3 is 0 Å². The molecule has 0 aromatic rings. The first-order chi connectivity index (χ1) is 6.72. The Hall–Kier alpha value is 0.270. The summed E-state index contributed by atoms with van der Waals surface area (Å²) in [6.07, 6.45) is 1.21. The zero-order valence-electron chi connectivity index (χ0n) is 10.0. The second kappa shape index (κ2) is 9.81. The molecule has 0 amide bonds. The summed E-state index contributed by atoms with van der Waals surface area (Å²) in [5.74, 6) is 3.02. The summed E-state index contributed by atoms with van der Waals surface area (Å²) in [4.78, 5) is 0. The van der Waals surface area contributed by atoms with Gasteiger partial charge < -0.3 is 10.1 Å². The van der Waals surface area contributed by atoms with Gasteiger partial charge in [0.25, 0.3) is 0 Å². The zero-order chi connectivity index (χ0) is 10.8. The van der Waals surface area contributed by atoms with Gasteiger partial charge in [-0.25, -0.2) is 0 Å². The number of nitrogens with one attached hydrogen (secondary N) is 1. The van der Waals surface area contributed by atoms with Crippen LogP contribution in [-0.4, -0.2) is 37.8 Å². The Labute approximate surface area is 93.2 Å². The Morgan fingerprint density at radius 3 is 2.57 bits per heavy atom. The quantitative estimate of drug-likeness (QED) is 0.602. The SMILES string of the molecule is CCCNC(CSCCOC)C(C)C. The van der Waals surface area contributed by atoms with Crippen LogP contribution in [0.2, 0.25) is 0 Å². The molecule has 0 aliphatic carbocycles. The highest BCUT2D eigenvalue weighted by molar-refractivity contribution is 7.99. The fourth-order valence-corrected chi connectivity index (χ4v) is 2.38. The Morgan fingerprint density at radius 2 is 2.07 bits per heavy atom. The number of hydrogen-bond acceptors (Lipinski definition) is 3. The van der Waals surface area contributed by atoms with Gasteiger partial charge in [0.05, 0.1) is 6.61 Å². The van der Waals surface area contributed by atoms with Crippen molar-refractivity contribution >= 4 is 11.8 Å². The number of ether oxygens (including phenoxy) is 1. The van der Waals surface area contributed by atoms with Gasteiger partial charge in [-0.1, -0.05) is 20.8 Å². The average molecular weight is 219 g/mol. The van der Waals surface area contributed by atoms with E-state index in [0.717, 1.165) is 24.8 Å². The minimum Gasteiger partial charge on any atom is -0.384 e. The van der Waals surface area contributed by atoms with Gasteiger partial charge in [-0.2, -0.15) is 11.8 Å². The summed E-state index contributed by atoms with van der Waals surface area (Å²) in [6, 6.07) is 0.650. The predicted octanol–water partition coefficient (Wildman–Crippen LogP) is 2.39. The first-order valence-electron chi connectivity index (χ1n) is 5.52. The molecule has 0 bridgehead atoms. The molecule has 0 aromatic carbocycles. The van der Waals surface area contributed by atoms with Gasteiger partial charge in [-0.15, -0.1) is 0 Å². The first-order valence-corrected chi connectivity index (χ1v) is 6.67. The third kappa shape index (κ3) is 7.65. The third-order valence-electron chi connectivity index (χ3n) is 2.19. The van der Waals surface area contributed by atoms with Gasteiger partial charge in [0, 0.05) is 24.7 Å². The standard InChI is InChI=1S/C11H25NOS/c1-5-6-12-11(10(2)3)9-14-8-7-13-4/h10-12H,5-9H2,1-4H3. The maximum absolute atomic E-state index is 5.02. The van der Waals surface area contributed by atoms with E-state index in [1.807, 2.05) is 11.8 Å². The third-order valence-corrected chi connectivity index (χ3v) is 3.24. The highest BCUT2D eigenvalue weighted by Crippen LogP contribution is 2.10. The van der Waals surface area contributed by atoms with E-state index in [4.69, 9.17) is 4.74 Å². The topological polar surface area (TPSA) is 21.3 Å². The lowest BCUT2D eigenvalue weighted by molar-refractivity contribution is 0.218. The van der Waals surface area contributed by atoms with Crippen LogP contribution in [0.5, 0.6) is 0 Å². The lowest BCUT2D eigenvalue weighted by Crippen LogP contribution is -2.36. The zero-order valence-corrected chi connectivity index (χ0v) is 10.8. The number of rotatable bonds is 9. The Balaban J connectivity index is 3.52. The van der Waals surface area contributed by atoms with E-state index >= 15 is 0 Å². The fourth-order valence-electron chi connectivity index (χ4n) is 1.17. The minimum absolute atomic E-state index is 0.650. The lowest BCUT2D eigenvalue weighted by Gasteiger charge is -2.21. The van der Waals surface area contributed by atoms with Crippen LogP contribution in [0.1, 0.15) is 27.2 Å². The van der Waals surface area contributed by atoms with Crippen molar-refractivity contribution in [1.82, 2.24) is 5.32 Å². The van der Waals surface area contributed by atoms with Crippen molar-refractivity contribution < 1.29 is 4.74 Å². The van der Waals surface area contributed by atoms with Gasteiger partial charge in [-0.3, -0.25) is 0 Å². The molecule has 1 N–H and O–H groups in total. The second-order valence-electron chi connectivity index (χ2n) is 3.87. The Bertz CT molecular complexity index is 120. The molecule has 14 heavy (non-hydrogen) atoms.